The molecule has 0 unspecified atom stereocenters. The van der Waals surface area contributed by atoms with Crippen molar-refractivity contribution in [3.05, 3.63) is 29.6 Å². The van der Waals surface area contributed by atoms with Gasteiger partial charge in [0.15, 0.2) is 17.0 Å². The Morgan fingerprint density at radius 3 is 2.83 bits per heavy atom. The molecule has 0 spiro atoms. The van der Waals surface area contributed by atoms with Gasteiger partial charge in [-0.2, -0.15) is 0 Å². The summed E-state index contributed by atoms with van der Waals surface area (Å²) in [6.07, 6.45) is 5.06. The van der Waals surface area contributed by atoms with Gasteiger partial charge in [0.25, 0.3) is 0 Å². The first-order valence-electron chi connectivity index (χ1n) is 7.85. The molecule has 2 aromatic heterocycles. The molecule has 1 aromatic carbocycles. The maximum absolute atomic E-state index is 9.62. The third kappa shape index (κ3) is 2.84. The Morgan fingerprint density at radius 1 is 1.26 bits per heavy atom. The quantitative estimate of drug-likeness (QED) is 0.788. The van der Waals surface area contributed by atoms with Crippen LogP contribution in [0.25, 0.3) is 21.7 Å². The smallest absolute Gasteiger partial charge is 0.192 e. The first-order valence-corrected chi connectivity index (χ1v) is 8.73. The van der Waals surface area contributed by atoms with Crippen molar-refractivity contribution in [1.82, 2.24) is 9.97 Å². The average molecular weight is 330 g/mol. The average Bonchev–Trinajstić information content (AvgIpc) is 3.19. The predicted octanol–water partition coefficient (Wildman–Crippen LogP) is 3.94. The highest BCUT2D eigenvalue weighted by Gasteiger charge is 2.23. The van der Waals surface area contributed by atoms with Gasteiger partial charge < -0.3 is 14.3 Å². The van der Waals surface area contributed by atoms with Gasteiger partial charge in [0.2, 0.25) is 0 Å². The number of benzene rings is 1. The lowest BCUT2D eigenvalue weighted by molar-refractivity contribution is 0.0672. The second-order valence-electron chi connectivity index (χ2n) is 5.91. The third-order valence-corrected chi connectivity index (χ3v) is 5.02. The Morgan fingerprint density at radius 2 is 2.09 bits per heavy atom. The van der Waals surface area contributed by atoms with E-state index in [9.17, 15) is 5.11 Å². The van der Waals surface area contributed by atoms with Crippen LogP contribution in [0.2, 0.25) is 0 Å². The molecule has 0 atom stereocenters. The monoisotopic (exact) mass is 330 g/mol. The molecule has 0 saturated heterocycles. The molecule has 23 heavy (non-hydrogen) atoms. The number of hydrogen-bond acceptors (Lipinski definition) is 6. The van der Waals surface area contributed by atoms with E-state index in [4.69, 9.17) is 9.15 Å². The number of nitrogens with zero attached hydrogens (tertiary/aromatic N) is 2. The fraction of sp³-hybridized carbons (Fsp3) is 0.412. The molecule has 1 saturated carbocycles. The van der Waals surface area contributed by atoms with Gasteiger partial charge in [0.1, 0.15) is 10.8 Å². The molecule has 1 aliphatic rings. The van der Waals surface area contributed by atoms with E-state index in [1.165, 1.54) is 0 Å². The zero-order valence-electron chi connectivity index (χ0n) is 12.9. The lowest BCUT2D eigenvalue weighted by Crippen LogP contribution is -2.26. The second kappa shape index (κ2) is 5.94. The minimum Gasteiger partial charge on any atom is -0.488 e. The molecule has 1 aliphatic carbocycles. The molecule has 0 aliphatic heterocycles. The molecule has 0 bridgehead atoms. The second-order valence-corrected chi connectivity index (χ2v) is 6.80. The van der Waals surface area contributed by atoms with Crippen LogP contribution in [0, 0.1) is 6.92 Å². The molecule has 5 nitrogen and oxygen atoms in total. The van der Waals surface area contributed by atoms with E-state index in [2.05, 4.69) is 9.97 Å². The minimum atomic E-state index is -0.184. The summed E-state index contributed by atoms with van der Waals surface area (Å²) in [6, 6.07) is 3.94. The molecule has 0 amide bonds. The first kappa shape index (κ1) is 14.7. The van der Waals surface area contributed by atoms with Crippen molar-refractivity contribution in [2.45, 2.75) is 44.8 Å². The topological polar surface area (TPSA) is 68.4 Å². The predicted molar refractivity (Wildman–Crippen MR) is 88.7 cm³/mol. The Labute approximate surface area is 138 Å². The van der Waals surface area contributed by atoms with Gasteiger partial charge in [0.05, 0.1) is 17.8 Å². The van der Waals surface area contributed by atoms with Crippen molar-refractivity contribution >= 4 is 22.4 Å². The number of oxazole rings is 1. The van der Waals surface area contributed by atoms with E-state index in [0.717, 1.165) is 53.1 Å². The van der Waals surface area contributed by atoms with E-state index in [1.54, 1.807) is 17.5 Å². The van der Waals surface area contributed by atoms with Gasteiger partial charge in [-0.1, -0.05) is 0 Å². The van der Waals surface area contributed by atoms with E-state index in [1.807, 2.05) is 24.4 Å². The lowest BCUT2D eigenvalue weighted by atomic mass is 9.95. The van der Waals surface area contributed by atoms with Crippen LogP contribution in [0.15, 0.2) is 28.1 Å². The molecule has 1 N–H and O–H groups in total. The SMILES string of the molecule is Cc1nc2c(OC3CCC(O)CC3)ccc(-c3nccs3)c2o1. The number of aliphatic hydroxyl groups excluding tert-OH is 1. The third-order valence-electron chi connectivity index (χ3n) is 4.21. The van der Waals surface area contributed by atoms with E-state index >= 15 is 0 Å². The molecule has 4 rings (SSSR count). The largest absolute Gasteiger partial charge is 0.488 e. The van der Waals surface area contributed by atoms with Crippen LogP contribution in [0.5, 0.6) is 5.75 Å². The van der Waals surface area contributed by atoms with Crippen LogP contribution in [-0.4, -0.2) is 27.3 Å². The van der Waals surface area contributed by atoms with Crippen LogP contribution in [0.4, 0.5) is 0 Å². The van der Waals surface area contributed by atoms with Crippen molar-refractivity contribution < 1.29 is 14.3 Å². The van der Waals surface area contributed by atoms with Crippen molar-refractivity contribution in [3.8, 4) is 16.3 Å². The number of fused-ring (bicyclic) bond motifs is 1. The summed E-state index contributed by atoms with van der Waals surface area (Å²) >= 11 is 1.57. The molecule has 2 heterocycles. The zero-order valence-corrected chi connectivity index (χ0v) is 13.7. The molecule has 3 aromatic rings. The Balaban J connectivity index is 1.70. The summed E-state index contributed by atoms with van der Waals surface area (Å²) < 4.78 is 12.0. The minimum absolute atomic E-state index is 0.129. The number of hydrogen-bond donors (Lipinski definition) is 1. The zero-order chi connectivity index (χ0) is 15.8. The number of aliphatic hydroxyl groups is 1. The van der Waals surface area contributed by atoms with Gasteiger partial charge in [-0.3, -0.25) is 0 Å². The van der Waals surface area contributed by atoms with Crippen LogP contribution < -0.4 is 4.74 Å². The molecule has 1 fully saturated rings. The molecule has 0 radical (unpaired) electrons. The summed E-state index contributed by atoms with van der Waals surface area (Å²) in [5, 5.41) is 12.5. The highest BCUT2D eigenvalue weighted by molar-refractivity contribution is 7.13. The first-order chi connectivity index (χ1) is 11.2. The van der Waals surface area contributed by atoms with Gasteiger partial charge in [-0.25, -0.2) is 9.97 Å². The van der Waals surface area contributed by atoms with E-state index in [0.29, 0.717) is 5.89 Å². The van der Waals surface area contributed by atoms with Gasteiger partial charge in [0, 0.05) is 18.5 Å². The van der Waals surface area contributed by atoms with Gasteiger partial charge in [-0.05, 0) is 37.8 Å². The van der Waals surface area contributed by atoms with Crippen molar-refractivity contribution in [2.24, 2.45) is 0 Å². The van der Waals surface area contributed by atoms with Crippen LogP contribution in [0.1, 0.15) is 31.6 Å². The highest BCUT2D eigenvalue weighted by atomic mass is 32.1. The normalized spacial score (nSPS) is 21.7. The molecule has 120 valence electrons. The maximum atomic E-state index is 9.62. The number of ether oxygens (including phenoxy) is 1. The standard InChI is InChI=1S/C17H18N2O3S/c1-10-19-15-14(22-12-4-2-11(20)3-5-12)7-6-13(16(15)21-10)17-18-8-9-23-17/h6-9,11-12,20H,2-5H2,1H3. The lowest BCUT2D eigenvalue weighted by Gasteiger charge is -2.26. The number of aryl methyl sites for hydroxylation is 1. The molecule has 6 heteroatoms. The van der Waals surface area contributed by atoms with Crippen LogP contribution in [0.3, 0.4) is 0 Å². The highest BCUT2D eigenvalue weighted by Crippen LogP contribution is 2.37. The Hall–Kier alpha value is -1.92. The van der Waals surface area contributed by atoms with E-state index < -0.39 is 0 Å². The van der Waals surface area contributed by atoms with Crippen molar-refractivity contribution in [3.63, 3.8) is 0 Å². The van der Waals surface area contributed by atoms with Crippen molar-refractivity contribution in [2.75, 3.05) is 0 Å². The fourth-order valence-electron chi connectivity index (χ4n) is 3.05. The van der Waals surface area contributed by atoms with Crippen LogP contribution >= 0.6 is 11.3 Å². The Bertz CT molecular complexity index is 805. The van der Waals surface area contributed by atoms with Gasteiger partial charge in [-0.15, -0.1) is 11.3 Å². The van der Waals surface area contributed by atoms with E-state index in [-0.39, 0.29) is 12.2 Å². The van der Waals surface area contributed by atoms with Gasteiger partial charge >= 0.3 is 0 Å². The summed E-state index contributed by atoms with van der Waals surface area (Å²) in [5.41, 5.74) is 2.43. The summed E-state index contributed by atoms with van der Waals surface area (Å²) in [5.74, 6) is 1.37. The summed E-state index contributed by atoms with van der Waals surface area (Å²) in [6.45, 7) is 1.84. The van der Waals surface area contributed by atoms with Crippen molar-refractivity contribution in [1.29, 1.82) is 0 Å². The number of rotatable bonds is 3. The maximum Gasteiger partial charge on any atom is 0.192 e. The summed E-state index contributed by atoms with van der Waals surface area (Å²) in [4.78, 5) is 8.86. The molecular weight excluding hydrogens is 312 g/mol. The Kier molecular flexibility index (Phi) is 3.79. The summed E-state index contributed by atoms with van der Waals surface area (Å²) in [7, 11) is 0. The molecular formula is C17H18N2O3S. The number of thiazole rings is 1. The fourth-order valence-corrected chi connectivity index (χ4v) is 3.71. The number of aromatic nitrogens is 2. The van der Waals surface area contributed by atoms with Crippen LogP contribution in [-0.2, 0) is 0 Å².